The Labute approximate surface area is 275 Å². The summed E-state index contributed by atoms with van der Waals surface area (Å²) in [5, 5.41) is 50.4. The van der Waals surface area contributed by atoms with Gasteiger partial charge in [-0.2, -0.15) is 0 Å². The van der Waals surface area contributed by atoms with E-state index in [1.54, 1.807) is 0 Å². The molecule has 4 aromatic rings. The monoisotopic (exact) mass is 656 g/mol. The molecule has 4 N–H and O–H groups in total. The van der Waals surface area contributed by atoms with Crippen molar-refractivity contribution < 1.29 is 29.3 Å². The number of aliphatic hydroxyl groups is 4. The van der Waals surface area contributed by atoms with Crippen molar-refractivity contribution in [3.8, 4) is 0 Å². The molecule has 4 aromatic carbocycles. The maximum absolute atomic E-state index is 11.9. The van der Waals surface area contributed by atoms with Gasteiger partial charge < -0.3 is 29.3 Å². The lowest BCUT2D eigenvalue weighted by molar-refractivity contribution is -0.214. The molecule has 244 valence electrons. The van der Waals surface area contributed by atoms with Gasteiger partial charge in [-0.3, -0.25) is 0 Å². The van der Waals surface area contributed by atoms with Crippen LogP contribution in [-0.4, -0.2) is 73.7 Å². The Morgan fingerprint density at radius 3 is 0.761 bits per heavy atom. The van der Waals surface area contributed by atoms with E-state index in [1.165, 1.54) is 0 Å². The van der Waals surface area contributed by atoms with Gasteiger partial charge in [-0.15, -0.1) is 0 Å². The van der Waals surface area contributed by atoms with Crippen LogP contribution >= 0.6 is 0 Å². The summed E-state index contributed by atoms with van der Waals surface area (Å²) in [4.78, 5) is 0. The minimum Gasteiger partial charge on any atom is -0.399 e. The first-order chi connectivity index (χ1) is 21.8. The molecule has 1 saturated carbocycles. The highest BCUT2D eigenvalue weighted by Crippen LogP contribution is 2.42. The molecule has 1 aliphatic carbocycles. The predicted molar refractivity (Wildman–Crippen MR) is 189 cm³/mol. The van der Waals surface area contributed by atoms with Crippen LogP contribution in [0.15, 0.2) is 121 Å². The third-order valence-corrected chi connectivity index (χ3v) is 19.6. The number of aliphatic hydroxyl groups excluding tert-OH is 4. The molecule has 0 spiro atoms. The van der Waals surface area contributed by atoms with Crippen LogP contribution < -0.4 is 20.7 Å². The van der Waals surface area contributed by atoms with Gasteiger partial charge in [-0.1, -0.05) is 163 Å². The number of benzene rings is 4. The molecule has 0 amide bonds. The van der Waals surface area contributed by atoms with E-state index in [0.717, 1.165) is 20.7 Å². The topological polar surface area (TPSA) is 99.4 Å². The maximum Gasteiger partial charge on any atom is 0.261 e. The van der Waals surface area contributed by atoms with Crippen LogP contribution in [0.3, 0.4) is 0 Å². The minimum atomic E-state index is -3.26. The first-order valence-corrected chi connectivity index (χ1v) is 19.9. The molecule has 6 nitrogen and oxygen atoms in total. The molecular weight excluding hydrogens is 609 g/mol. The van der Waals surface area contributed by atoms with Gasteiger partial charge in [-0.05, 0) is 30.8 Å². The average molecular weight is 657 g/mol. The van der Waals surface area contributed by atoms with Crippen LogP contribution in [0.2, 0.25) is 10.1 Å². The fraction of sp³-hybridized carbons (Fsp3) is 0.368. The molecule has 8 heteroatoms. The first-order valence-electron chi connectivity index (χ1n) is 16.1. The highest BCUT2D eigenvalue weighted by atomic mass is 28.4. The van der Waals surface area contributed by atoms with Gasteiger partial charge in [0.1, 0.15) is 36.6 Å². The van der Waals surface area contributed by atoms with Crippen molar-refractivity contribution in [3.63, 3.8) is 0 Å². The quantitative estimate of drug-likeness (QED) is 0.217. The van der Waals surface area contributed by atoms with Crippen molar-refractivity contribution in [2.45, 2.75) is 88.2 Å². The Kier molecular flexibility index (Phi) is 9.94. The van der Waals surface area contributed by atoms with Crippen LogP contribution in [0.5, 0.6) is 0 Å². The zero-order valence-corrected chi connectivity index (χ0v) is 29.6. The summed E-state index contributed by atoms with van der Waals surface area (Å²) in [7, 11) is -6.52. The normalized spacial score (nSPS) is 24.5. The number of hydrogen-bond acceptors (Lipinski definition) is 6. The molecule has 46 heavy (non-hydrogen) atoms. The van der Waals surface area contributed by atoms with Gasteiger partial charge in [0.2, 0.25) is 0 Å². The highest BCUT2D eigenvalue weighted by molar-refractivity contribution is 7.00. The molecule has 2 unspecified atom stereocenters. The van der Waals surface area contributed by atoms with E-state index in [-0.39, 0.29) is 0 Å². The average Bonchev–Trinajstić information content (AvgIpc) is 3.05. The van der Waals surface area contributed by atoms with Crippen molar-refractivity contribution in [3.05, 3.63) is 121 Å². The molecule has 0 aromatic heterocycles. The van der Waals surface area contributed by atoms with E-state index in [0.29, 0.717) is 0 Å². The van der Waals surface area contributed by atoms with Gasteiger partial charge in [0.05, 0.1) is 0 Å². The fourth-order valence-electron chi connectivity index (χ4n) is 7.25. The Morgan fingerprint density at radius 2 is 0.587 bits per heavy atom. The van der Waals surface area contributed by atoms with Crippen molar-refractivity contribution in [1.29, 1.82) is 0 Å². The van der Waals surface area contributed by atoms with Crippen LogP contribution in [-0.2, 0) is 8.85 Å². The number of hydrogen-bond donors (Lipinski definition) is 4. The van der Waals surface area contributed by atoms with Crippen LogP contribution in [0.4, 0.5) is 0 Å². The standard InChI is InChI=1S/C38H48O6Si2/c1-37(2,3)45(27-19-11-7-12-20-27,28-21-13-8-14-22-28)43-35-31(39)33(41)36(34(42)32(35)40)44-46(38(4,5)6,29-23-15-9-16-24-29)30-25-17-10-18-26-30/h7-26,31-36,39-42H,1-6H3/t31-,32+,33-,34+,35?,36?. The second kappa shape index (κ2) is 13.3. The molecular formula is C38H48O6Si2. The van der Waals surface area contributed by atoms with E-state index >= 15 is 0 Å². The second-order valence-electron chi connectivity index (χ2n) is 14.5. The molecule has 5 rings (SSSR count). The lowest BCUT2D eigenvalue weighted by Crippen LogP contribution is -2.76. The summed E-state index contributed by atoms with van der Waals surface area (Å²) in [6.07, 6.45) is -8.72. The Morgan fingerprint density at radius 1 is 0.391 bits per heavy atom. The number of rotatable bonds is 8. The van der Waals surface area contributed by atoms with E-state index in [4.69, 9.17) is 8.85 Å². The Balaban J connectivity index is 1.59. The van der Waals surface area contributed by atoms with Crippen molar-refractivity contribution >= 4 is 37.4 Å². The summed E-state index contributed by atoms with van der Waals surface area (Å²) in [5.74, 6) is 0. The highest BCUT2D eigenvalue weighted by Gasteiger charge is 2.60. The van der Waals surface area contributed by atoms with Crippen LogP contribution in [0.1, 0.15) is 41.5 Å². The second-order valence-corrected chi connectivity index (χ2v) is 23.0. The molecule has 1 aliphatic rings. The predicted octanol–water partition coefficient (Wildman–Crippen LogP) is 3.33. The van der Waals surface area contributed by atoms with Crippen LogP contribution in [0.25, 0.3) is 0 Å². The third kappa shape index (κ3) is 5.97. The van der Waals surface area contributed by atoms with Gasteiger partial charge in [0.15, 0.2) is 0 Å². The summed E-state index contributed by atoms with van der Waals surface area (Å²) >= 11 is 0. The van der Waals surface area contributed by atoms with Gasteiger partial charge in [-0.25, -0.2) is 0 Å². The van der Waals surface area contributed by atoms with Crippen molar-refractivity contribution in [2.24, 2.45) is 0 Å². The van der Waals surface area contributed by atoms with E-state index < -0.39 is 63.3 Å². The molecule has 0 radical (unpaired) electrons. The zero-order chi connectivity index (χ0) is 33.3. The van der Waals surface area contributed by atoms with Crippen molar-refractivity contribution in [1.82, 2.24) is 0 Å². The Bertz CT molecular complexity index is 1330. The molecule has 0 saturated heterocycles. The maximum atomic E-state index is 11.9. The summed E-state index contributed by atoms with van der Waals surface area (Å²) in [5.41, 5.74) is 0. The Hall–Kier alpha value is -2.93. The van der Waals surface area contributed by atoms with E-state index in [1.807, 2.05) is 121 Å². The molecule has 0 aliphatic heterocycles. The SMILES string of the molecule is CC(C)(C)[Si](OC1[C@@H](O)[C@H](O)C(O[Si](c2ccccc2)(c2ccccc2)C(C)(C)C)[C@H](O)[C@H]1O)(c1ccccc1)c1ccccc1. The summed E-state index contributed by atoms with van der Waals surface area (Å²) in [6, 6.07) is 39.6. The van der Waals surface area contributed by atoms with Gasteiger partial charge in [0, 0.05) is 0 Å². The van der Waals surface area contributed by atoms with E-state index in [9.17, 15) is 20.4 Å². The van der Waals surface area contributed by atoms with Crippen LogP contribution in [0, 0.1) is 0 Å². The lowest BCUT2D eigenvalue weighted by Gasteiger charge is -2.53. The molecule has 1 fully saturated rings. The molecule has 0 bridgehead atoms. The van der Waals surface area contributed by atoms with Crippen molar-refractivity contribution in [2.75, 3.05) is 0 Å². The lowest BCUT2D eigenvalue weighted by atomic mass is 9.85. The zero-order valence-electron chi connectivity index (χ0n) is 27.6. The summed E-state index contributed by atoms with van der Waals surface area (Å²) < 4.78 is 14.1. The third-order valence-electron chi connectivity index (χ3n) is 9.51. The largest absolute Gasteiger partial charge is 0.399 e. The first kappa shape index (κ1) is 34.4. The fourth-order valence-corrected chi connectivity index (χ4v) is 16.7. The van der Waals surface area contributed by atoms with Gasteiger partial charge in [0.25, 0.3) is 16.6 Å². The minimum absolute atomic E-state index is 0.451. The smallest absolute Gasteiger partial charge is 0.261 e. The van der Waals surface area contributed by atoms with E-state index in [2.05, 4.69) is 41.5 Å². The molecule has 0 heterocycles. The van der Waals surface area contributed by atoms with Gasteiger partial charge >= 0.3 is 0 Å². The summed E-state index contributed by atoms with van der Waals surface area (Å²) in [6.45, 7) is 12.6. The molecule has 6 atom stereocenters.